The van der Waals surface area contributed by atoms with Gasteiger partial charge in [0.1, 0.15) is 11.3 Å². The third-order valence-electron chi connectivity index (χ3n) is 3.80. The number of benzene rings is 1. The number of para-hydroxylation sites is 1. The second-order valence-corrected chi connectivity index (χ2v) is 4.90. The molecule has 1 aromatic carbocycles. The summed E-state index contributed by atoms with van der Waals surface area (Å²) in [7, 11) is 0. The van der Waals surface area contributed by atoms with Crippen molar-refractivity contribution >= 4 is 23.4 Å². The molecule has 4 rings (SSSR count). The number of aromatic nitrogens is 2. The van der Waals surface area contributed by atoms with Crippen molar-refractivity contribution in [2.24, 2.45) is 0 Å². The van der Waals surface area contributed by atoms with Crippen LogP contribution in [0.5, 0.6) is 0 Å². The number of hydrogen-bond donors (Lipinski definition) is 0. The van der Waals surface area contributed by atoms with E-state index >= 15 is 0 Å². The maximum atomic E-state index is 11.5. The van der Waals surface area contributed by atoms with Crippen LogP contribution in [0.1, 0.15) is 16.1 Å². The summed E-state index contributed by atoms with van der Waals surface area (Å²) in [6.45, 7) is 0.865. The number of rotatable bonds is 2. The minimum Gasteiger partial charge on any atom is -0.324 e. The summed E-state index contributed by atoms with van der Waals surface area (Å²) in [5.41, 5.74) is 3.87. The van der Waals surface area contributed by atoms with Gasteiger partial charge >= 0.3 is 0 Å². The van der Waals surface area contributed by atoms with Gasteiger partial charge in [-0.05, 0) is 30.2 Å². The highest BCUT2D eigenvalue weighted by Gasteiger charge is 2.25. The largest absolute Gasteiger partial charge is 0.324 e. The summed E-state index contributed by atoms with van der Waals surface area (Å²) in [5, 5.41) is 0. The molecule has 0 atom stereocenters. The fraction of sp³-hybridized carbons (Fsp3) is 0.125. The predicted molar refractivity (Wildman–Crippen MR) is 77.7 cm³/mol. The molecule has 1 aliphatic heterocycles. The van der Waals surface area contributed by atoms with Gasteiger partial charge in [-0.1, -0.05) is 24.3 Å². The number of carbonyl (C=O) groups is 1. The fourth-order valence-corrected chi connectivity index (χ4v) is 2.87. The van der Waals surface area contributed by atoms with Gasteiger partial charge < -0.3 is 4.90 Å². The molecule has 0 N–H and O–H groups in total. The van der Waals surface area contributed by atoms with Crippen LogP contribution in [0.15, 0.2) is 48.7 Å². The Morgan fingerprint density at radius 2 is 1.95 bits per heavy atom. The van der Waals surface area contributed by atoms with Crippen LogP contribution < -0.4 is 4.90 Å². The van der Waals surface area contributed by atoms with Gasteiger partial charge in [0.2, 0.25) is 0 Å². The van der Waals surface area contributed by atoms with Crippen LogP contribution >= 0.6 is 0 Å². The average Bonchev–Trinajstić information content (AvgIpc) is 3.07. The van der Waals surface area contributed by atoms with E-state index in [1.165, 1.54) is 5.56 Å². The average molecular weight is 263 g/mol. The maximum absolute atomic E-state index is 11.5. The lowest BCUT2D eigenvalue weighted by Crippen LogP contribution is -2.15. The monoisotopic (exact) mass is 263 g/mol. The molecule has 4 nitrogen and oxygen atoms in total. The second kappa shape index (κ2) is 4.20. The molecule has 0 amide bonds. The number of carbonyl (C=O) groups excluding carboxylic acids is 1. The zero-order valence-corrected chi connectivity index (χ0v) is 10.9. The highest BCUT2D eigenvalue weighted by molar-refractivity contribution is 5.86. The minimum atomic E-state index is 0.609. The molecule has 98 valence electrons. The lowest BCUT2D eigenvalue weighted by atomic mass is 10.2. The highest BCUT2D eigenvalue weighted by atomic mass is 16.1. The first-order chi connectivity index (χ1) is 9.88. The van der Waals surface area contributed by atoms with Crippen LogP contribution in [0.2, 0.25) is 0 Å². The predicted octanol–water partition coefficient (Wildman–Crippen LogP) is 2.84. The number of fused-ring (bicyclic) bond motifs is 2. The van der Waals surface area contributed by atoms with Crippen LogP contribution in [-0.2, 0) is 6.42 Å². The standard InChI is InChI=1S/C16H13N3O/c20-11-14-16(17-15-7-3-4-9-18(14)15)19-10-8-12-5-1-2-6-13(12)19/h1-7,9,11H,8,10H2. The lowest BCUT2D eigenvalue weighted by Gasteiger charge is -2.16. The Morgan fingerprint density at radius 3 is 2.85 bits per heavy atom. The van der Waals surface area contributed by atoms with E-state index < -0.39 is 0 Å². The van der Waals surface area contributed by atoms with Crippen LogP contribution in [0.3, 0.4) is 0 Å². The molecule has 20 heavy (non-hydrogen) atoms. The quantitative estimate of drug-likeness (QED) is 0.667. The van der Waals surface area contributed by atoms with Crippen molar-refractivity contribution in [1.82, 2.24) is 9.38 Å². The summed E-state index contributed by atoms with van der Waals surface area (Å²) in [6.07, 6.45) is 3.75. The Balaban J connectivity index is 1.94. The second-order valence-electron chi connectivity index (χ2n) is 4.90. The number of imidazole rings is 1. The van der Waals surface area contributed by atoms with Crippen molar-refractivity contribution in [2.45, 2.75) is 6.42 Å². The third-order valence-corrected chi connectivity index (χ3v) is 3.80. The van der Waals surface area contributed by atoms with Gasteiger partial charge in [0.05, 0.1) is 0 Å². The molecule has 4 heteroatoms. The molecule has 2 aromatic heterocycles. The summed E-state index contributed by atoms with van der Waals surface area (Å²) >= 11 is 0. The van der Waals surface area contributed by atoms with Gasteiger partial charge in [-0.15, -0.1) is 0 Å². The highest BCUT2D eigenvalue weighted by Crippen LogP contribution is 2.35. The Hall–Kier alpha value is -2.62. The summed E-state index contributed by atoms with van der Waals surface area (Å²) < 4.78 is 1.84. The number of nitrogens with zero attached hydrogens (tertiary/aromatic N) is 3. The smallest absolute Gasteiger partial charge is 0.170 e. The van der Waals surface area contributed by atoms with E-state index in [1.54, 1.807) is 0 Å². The first-order valence-electron chi connectivity index (χ1n) is 6.66. The zero-order chi connectivity index (χ0) is 13.5. The Morgan fingerprint density at radius 1 is 1.10 bits per heavy atom. The van der Waals surface area contributed by atoms with Gasteiger partial charge in [-0.25, -0.2) is 4.98 Å². The molecular weight excluding hydrogens is 250 g/mol. The maximum Gasteiger partial charge on any atom is 0.170 e. The van der Waals surface area contributed by atoms with Crippen molar-refractivity contribution in [3.8, 4) is 0 Å². The zero-order valence-electron chi connectivity index (χ0n) is 10.9. The first-order valence-corrected chi connectivity index (χ1v) is 6.66. The summed E-state index contributed by atoms with van der Waals surface area (Å²) in [5.74, 6) is 0.746. The molecule has 3 heterocycles. The Kier molecular flexibility index (Phi) is 2.36. The number of hydrogen-bond acceptors (Lipinski definition) is 3. The minimum absolute atomic E-state index is 0.609. The van der Waals surface area contributed by atoms with E-state index in [0.29, 0.717) is 5.69 Å². The van der Waals surface area contributed by atoms with Gasteiger partial charge in [-0.3, -0.25) is 9.20 Å². The molecule has 0 radical (unpaired) electrons. The number of anilines is 2. The topological polar surface area (TPSA) is 37.6 Å². The van der Waals surface area contributed by atoms with Crippen molar-refractivity contribution in [3.63, 3.8) is 0 Å². The lowest BCUT2D eigenvalue weighted by molar-refractivity contribution is 0.111. The molecule has 0 saturated carbocycles. The fourth-order valence-electron chi connectivity index (χ4n) is 2.87. The molecule has 3 aromatic rings. The Labute approximate surface area is 116 Å². The van der Waals surface area contributed by atoms with E-state index in [2.05, 4.69) is 22.0 Å². The number of pyridine rings is 1. The van der Waals surface area contributed by atoms with Gasteiger partial charge in [0.15, 0.2) is 12.1 Å². The van der Waals surface area contributed by atoms with Gasteiger partial charge in [0.25, 0.3) is 0 Å². The normalized spacial score (nSPS) is 13.7. The van der Waals surface area contributed by atoms with Crippen LogP contribution in [0.25, 0.3) is 5.65 Å². The van der Waals surface area contributed by atoms with E-state index in [-0.39, 0.29) is 0 Å². The molecular formula is C16H13N3O. The van der Waals surface area contributed by atoms with Crippen LogP contribution in [0, 0.1) is 0 Å². The van der Waals surface area contributed by atoms with Gasteiger partial charge in [0, 0.05) is 18.4 Å². The van der Waals surface area contributed by atoms with E-state index in [0.717, 1.165) is 36.4 Å². The van der Waals surface area contributed by atoms with Crippen molar-refractivity contribution in [1.29, 1.82) is 0 Å². The molecule has 0 saturated heterocycles. The van der Waals surface area contributed by atoms with Gasteiger partial charge in [-0.2, -0.15) is 0 Å². The SMILES string of the molecule is O=Cc1c(N2CCc3ccccc32)nc2ccccn12. The molecule has 1 aliphatic rings. The number of aldehydes is 1. The third kappa shape index (κ3) is 1.48. The van der Waals surface area contributed by atoms with Crippen LogP contribution in [-0.4, -0.2) is 22.2 Å². The van der Waals surface area contributed by atoms with Crippen LogP contribution in [0.4, 0.5) is 11.5 Å². The Bertz CT molecular complexity index is 806. The molecule has 0 fully saturated rings. The van der Waals surface area contributed by atoms with E-state index in [4.69, 9.17) is 0 Å². The summed E-state index contributed by atoms with van der Waals surface area (Å²) in [4.78, 5) is 18.2. The van der Waals surface area contributed by atoms with Crippen molar-refractivity contribution in [2.75, 3.05) is 11.4 Å². The van der Waals surface area contributed by atoms with Crippen molar-refractivity contribution in [3.05, 3.63) is 59.9 Å². The van der Waals surface area contributed by atoms with Crippen molar-refractivity contribution < 1.29 is 4.79 Å². The van der Waals surface area contributed by atoms with E-state index in [1.807, 2.05) is 40.9 Å². The molecule has 0 unspecified atom stereocenters. The summed E-state index contributed by atoms with van der Waals surface area (Å²) in [6, 6.07) is 14.0. The molecule has 0 aliphatic carbocycles. The molecule has 0 spiro atoms. The van der Waals surface area contributed by atoms with E-state index in [9.17, 15) is 4.79 Å². The molecule has 0 bridgehead atoms. The first kappa shape index (κ1) is 11.2.